The number of hydrogen-bond donors (Lipinski definition) is 2. The van der Waals surface area contributed by atoms with Crippen molar-refractivity contribution in [3.63, 3.8) is 0 Å². The molecule has 0 saturated heterocycles. The van der Waals surface area contributed by atoms with Crippen LogP contribution in [0.5, 0.6) is 0 Å². The highest BCUT2D eigenvalue weighted by atomic mass is 19.4. The van der Waals surface area contributed by atoms with Crippen LogP contribution in [0.15, 0.2) is 12.4 Å². The first-order valence-corrected chi connectivity index (χ1v) is 7.32. The number of ether oxygens (including phenoxy) is 1. The van der Waals surface area contributed by atoms with E-state index in [4.69, 9.17) is 4.74 Å². The molecule has 2 rings (SSSR count). The van der Waals surface area contributed by atoms with Crippen molar-refractivity contribution in [1.82, 2.24) is 15.3 Å². The maximum absolute atomic E-state index is 12.8. The van der Waals surface area contributed by atoms with Crippen molar-refractivity contribution in [3.05, 3.63) is 18.1 Å². The molecule has 0 bridgehead atoms. The Morgan fingerprint density at radius 1 is 1.39 bits per heavy atom. The average molecular weight is 332 g/mol. The van der Waals surface area contributed by atoms with Gasteiger partial charge >= 0.3 is 12.2 Å². The van der Waals surface area contributed by atoms with Gasteiger partial charge in [0.05, 0.1) is 18.2 Å². The van der Waals surface area contributed by atoms with Crippen LogP contribution < -0.4 is 10.6 Å². The van der Waals surface area contributed by atoms with Crippen molar-refractivity contribution < 1.29 is 22.7 Å². The van der Waals surface area contributed by atoms with E-state index in [1.165, 1.54) is 13.4 Å². The molecular formula is C14H19F3N4O2. The third-order valence-corrected chi connectivity index (χ3v) is 3.73. The Morgan fingerprint density at radius 3 is 2.87 bits per heavy atom. The van der Waals surface area contributed by atoms with E-state index in [0.29, 0.717) is 18.5 Å². The van der Waals surface area contributed by atoms with E-state index < -0.39 is 24.2 Å². The van der Waals surface area contributed by atoms with E-state index in [1.54, 1.807) is 6.07 Å². The van der Waals surface area contributed by atoms with Crippen LogP contribution in [0.3, 0.4) is 0 Å². The molecule has 1 aliphatic rings. The zero-order valence-electron chi connectivity index (χ0n) is 12.7. The summed E-state index contributed by atoms with van der Waals surface area (Å²) in [5.74, 6) is -1.08. The van der Waals surface area contributed by atoms with Gasteiger partial charge in [-0.05, 0) is 19.3 Å². The van der Waals surface area contributed by atoms with E-state index in [2.05, 4.69) is 20.6 Å². The first-order chi connectivity index (χ1) is 10.9. The van der Waals surface area contributed by atoms with Crippen LogP contribution in [0, 0.1) is 5.92 Å². The molecule has 128 valence electrons. The van der Waals surface area contributed by atoms with Crippen molar-refractivity contribution in [3.8, 4) is 0 Å². The summed E-state index contributed by atoms with van der Waals surface area (Å²) in [5.41, 5.74) is 0.590. The first kappa shape index (κ1) is 17.5. The monoisotopic (exact) mass is 332 g/mol. The number of halogens is 3. The minimum Gasteiger partial charge on any atom is -0.378 e. The average Bonchev–Trinajstić information content (AvgIpc) is 2.47. The summed E-state index contributed by atoms with van der Waals surface area (Å²) in [4.78, 5) is 19.8. The van der Waals surface area contributed by atoms with Gasteiger partial charge in [-0.15, -0.1) is 0 Å². The van der Waals surface area contributed by atoms with Gasteiger partial charge in [0.25, 0.3) is 0 Å². The Balaban J connectivity index is 1.88. The Labute approximate surface area is 131 Å². The predicted molar refractivity (Wildman–Crippen MR) is 76.7 cm³/mol. The van der Waals surface area contributed by atoms with Gasteiger partial charge in [-0.1, -0.05) is 6.42 Å². The molecule has 1 saturated carbocycles. The predicted octanol–water partition coefficient (Wildman–Crippen LogP) is 2.87. The lowest BCUT2D eigenvalue weighted by molar-refractivity contribution is -0.183. The second-order valence-corrected chi connectivity index (χ2v) is 5.53. The van der Waals surface area contributed by atoms with Gasteiger partial charge in [-0.2, -0.15) is 13.2 Å². The number of urea groups is 1. The quantitative estimate of drug-likeness (QED) is 0.889. The summed E-state index contributed by atoms with van der Waals surface area (Å²) in [6, 6.07) is 0.484. The number of carbonyl (C=O) groups is 1. The molecule has 2 N–H and O–H groups in total. The molecule has 1 heterocycles. The summed E-state index contributed by atoms with van der Waals surface area (Å²) in [5, 5.41) is 5.08. The maximum Gasteiger partial charge on any atom is 0.391 e. The van der Waals surface area contributed by atoms with Crippen LogP contribution in [-0.2, 0) is 11.3 Å². The van der Waals surface area contributed by atoms with Crippen LogP contribution in [-0.4, -0.2) is 35.3 Å². The molecule has 23 heavy (non-hydrogen) atoms. The number of anilines is 1. The molecule has 2 amide bonds. The van der Waals surface area contributed by atoms with Crippen molar-refractivity contribution >= 4 is 11.8 Å². The fourth-order valence-electron chi connectivity index (χ4n) is 2.65. The lowest BCUT2D eigenvalue weighted by Gasteiger charge is -2.30. The van der Waals surface area contributed by atoms with Crippen LogP contribution in [0.1, 0.15) is 31.4 Å². The third kappa shape index (κ3) is 5.34. The molecule has 1 fully saturated rings. The minimum atomic E-state index is -4.21. The third-order valence-electron chi connectivity index (χ3n) is 3.73. The number of aromatic nitrogens is 2. The molecule has 9 heteroatoms. The van der Waals surface area contributed by atoms with Gasteiger partial charge in [-0.3, -0.25) is 5.32 Å². The summed E-state index contributed by atoms with van der Waals surface area (Å²) < 4.78 is 43.2. The van der Waals surface area contributed by atoms with E-state index in [0.717, 1.165) is 0 Å². The SMILES string of the molecule is COCc1cc(NC(=O)N[C@@H]2CCC[C@H](C(F)(F)F)C2)ncn1. The van der Waals surface area contributed by atoms with Crippen LogP contribution in [0.25, 0.3) is 0 Å². The van der Waals surface area contributed by atoms with Crippen LogP contribution in [0.4, 0.5) is 23.8 Å². The molecule has 0 aliphatic heterocycles. The molecule has 0 unspecified atom stereocenters. The van der Waals surface area contributed by atoms with E-state index in [9.17, 15) is 18.0 Å². The zero-order valence-corrected chi connectivity index (χ0v) is 12.7. The van der Waals surface area contributed by atoms with Crippen molar-refractivity contribution in [2.75, 3.05) is 12.4 Å². The Kier molecular flexibility index (Phi) is 5.75. The summed E-state index contributed by atoms with van der Waals surface area (Å²) in [6.07, 6.45) is -1.91. The number of methoxy groups -OCH3 is 1. The molecule has 2 atom stereocenters. The molecule has 1 aromatic rings. The molecule has 0 radical (unpaired) electrons. The highest BCUT2D eigenvalue weighted by molar-refractivity contribution is 5.88. The van der Waals surface area contributed by atoms with Gasteiger partial charge in [-0.25, -0.2) is 14.8 Å². The van der Waals surface area contributed by atoms with Gasteiger partial charge in [0, 0.05) is 19.2 Å². The molecule has 1 aromatic heterocycles. The molecule has 1 aliphatic carbocycles. The molecular weight excluding hydrogens is 313 g/mol. The van der Waals surface area contributed by atoms with E-state index in [1.807, 2.05) is 0 Å². The summed E-state index contributed by atoms with van der Waals surface area (Å²) in [7, 11) is 1.52. The van der Waals surface area contributed by atoms with Gasteiger partial charge in [0.1, 0.15) is 12.1 Å². The topological polar surface area (TPSA) is 76.1 Å². The molecule has 6 nitrogen and oxygen atoms in total. The normalized spacial score (nSPS) is 21.7. The van der Waals surface area contributed by atoms with Gasteiger partial charge < -0.3 is 10.1 Å². The Bertz CT molecular complexity index is 539. The van der Waals surface area contributed by atoms with Crippen molar-refractivity contribution in [1.29, 1.82) is 0 Å². The van der Waals surface area contributed by atoms with Gasteiger partial charge in [0.15, 0.2) is 0 Å². The number of hydrogen-bond acceptors (Lipinski definition) is 4. The summed E-state index contributed by atoms with van der Waals surface area (Å²) >= 11 is 0. The van der Waals surface area contributed by atoms with Crippen molar-refractivity contribution in [2.45, 2.75) is 44.5 Å². The number of amides is 2. The first-order valence-electron chi connectivity index (χ1n) is 7.32. The highest BCUT2D eigenvalue weighted by Gasteiger charge is 2.42. The number of rotatable bonds is 4. The van der Waals surface area contributed by atoms with E-state index >= 15 is 0 Å². The second kappa shape index (κ2) is 7.58. The highest BCUT2D eigenvalue weighted by Crippen LogP contribution is 2.37. The standard InChI is InChI=1S/C14H19F3N4O2/c1-23-7-11-6-12(19-8-18-11)21-13(22)20-10-4-2-3-9(5-10)14(15,16)17/h6,8-10H,2-5,7H2,1H3,(H2,18,19,20,21,22)/t9-,10+/m0/s1. The minimum absolute atomic E-state index is 0.0877. The van der Waals surface area contributed by atoms with Crippen LogP contribution >= 0.6 is 0 Å². The smallest absolute Gasteiger partial charge is 0.378 e. The molecule has 0 spiro atoms. The Morgan fingerprint density at radius 2 is 2.17 bits per heavy atom. The fourth-order valence-corrected chi connectivity index (χ4v) is 2.65. The Hall–Kier alpha value is -1.90. The number of nitrogens with one attached hydrogen (secondary N) is 2. The zero-order chi connectivity index (χ0) is 16.9. The van der Waals surface area contributed by atoms with Gasteiger partial charge in [0.2, 0.25) is 0 Å². The lowest BCUT2D eigenvalue weighted by atomic mass is 9.85. The summed E-state index contributed by atoms with van der Waals surface area (Å²) in [6.45, 7) is 0.273. The lowest BCUT2D eigenvalue weighted by Crippen LogP contribution is -2.43. The van der Waals surface area contributed by atoms with Crippen molar-refractivity contribution in [2.24, 2.45) is 5.92 Å². The van der Waals surface area contributed by atoms with E-state index in [-0.39, 0.29) is 25.3 Å². The second-order valence-electron chi connectivity index (χ2n) is 5.53. The number of nitrogens with zero attached hydrogens (tertiary/aromatic N) is 2. The largest absolute Gasteiger partial charge is 0.391 e. The fraction of sp³-hybridized carbons (Fsp3) is 0.643. The molecule has 0 aromatic carbocycles. The number of carbonyl (C=O) groups excluding carboxylic acids is 1. The number of alkyl halides is 3. The maximum atomic E-state index is 12.8. The van der Waals surface area contributed by atoms with Crippen LogP contribution in [0.2, 0.25) is 0 Å².